The predicted molar refractivity (Wildman–Crippen MR) is 72.5 cm³/mol. The second-order valence-corrected chi connectivity index (χ2v) is 5.98. The molecule has 5 nitrogen and oxygen atoms in total. The van der Waals surface area contributed by atoms with Gasteiger partial charge in [0.15, 0.2) is 0 Å². The highest BCUT2D eigenvalue weighted by molar-refractivity contribution is 5.67. The monoisotopic (exact) mass is 257 g/mol. The SMILES string of the molecule is CC(C)(C)OC(=O)NC[C@H]1CCN(CCCN)C1. The fourth-order valence-corrected chi connectivity index (χ4v) is 2.14. The first-order valence-electron chi connectivity index (χ1n) is 6.80. The molecule has 0 aromatic carbocycles. The number of nitrogens with two attached hydrogens (primary N) is 1. The zero-order valence-electron chi connectivity index (χ0n) is 11.9. The molecule has 0 aliphatic carbocycles. The Balaban J connectivity index is 2.15. The molecule has 1 aliphatic rings. The zero-order chi connectivity index (χ0) is 13.6. The minimum absolute atomic E-state index is 0.317. The van der Waals surface area contributed by atoms with E-state index in [9.17, 15) is 4.79 Å². The predicted octanol–water partition coefficient (Wildman–Crippen LogP) is 1.18. The molecular weight excluding hydrogens is 230 g/mol. The number of carbonyl (C=O) groups excluding carboxylic acids is 1. The second-order valence-electron chi connectivity index (χ2n) is 5.98. The third-order valence-electron chi connectivity index (χ3n) is 2.98. The van der Waals surface area contributed by atoms with E-state index in [0.29, 0.717) is 12.5 Å². The van der Waals surface area contributed by atoms with Crippen LogP contribution in [0.25, 0.3) is 0 Å². The van der Waals surface area contributed by atoms with E-state index >= 15 is 0 Å². The summed E-state index contributed by atoms with van der Waals surface area (Å²) in [5.41, 5.74) is 5.07. The van der Waals surface area contributed by atoms with Crippen LogP contribution in [0.15, 0.2) is 0 Å². The zero-order valence-corrected chi connectivity index (χ0v) is 11.9. The van der Waals surface area contributed by atoms with E-state index in [1.165, 1.54) is 0 Å². The quantitative estimate of drug-likeness (QED) is 0.776. The van der Waals surface area contributed by atoms with Crippen molar-refractivity contribution in [3.05, 3.63) is 0 Å². The van der Waals surface area contributed by atoms with Crippen LogP contribution >= 0.6 is 0 Å². The number of alkyl carbamates (subject to hydrolysis) is 1. The van der Waals surface area contributed by atoms with Gasteiger partial charge in [0.2, 0.25) is 0 Å². The summed E-state index contributed by atoms with van der Waals surface area (Å²) >= 11 is 0. The minimum atomic E-state index is -0.424. The first-order valence-corrected chi connectivity index (χ1v) is 6.80. The highest BCUT2D eigenvalue weighted by atomic mass is 16.6. The molecule has 1 heterocycles. The summed E-state index contributed by atoms with van der Waals surface area (Å²) in [6.45, 7) is 10.3. The van der Waals surface area contributed by atoms with Crippen molar-refractivity contribution in [2.45, 2.75) is 39.2 Å². The van der Waals surface area contributed by atoms with Crippen molar-refractivity contribution in [3.63, 3.8) is 0 Å². The van der Waals surface area contributed by atoms with Gasteiger partial charge in [-0.2, -0.15) is 0 Å². The van der Waals surface area contributed by atoms with Gasteiger partial charge in [-0.1, -0.05) is 0 Å². The van der Waals surface area contributed by atoms with E-state index in [1.807, 2.05) is 20.8 Å². The maximum absolute atomic E-state index is 11.5. The summed E-state index contributed by atoms with van der Waals surface area (Å²) in [4.78, 5) is 13.9. The topological polar surface area (TPSA) is 67.6 Å². The summed E-state index contributed by atoms with van der Waals surface area (Å²) in [6, 6.07) is 0. The Hall–Kier alpha value is -0.810. The molecule has 1 amide bonds. The van der Waals surface area contributed by atoms with Gasteiger partial charge in [0.25, 0.3) is 0 Å². The largest absolute Gasteiger partial charge is 0.444 e. The van der Waals surface area contributed by atoms with E-state index in [-0.39, 0.29) is 6.09 Å². The molecule has 1 rings (SSSR count). The number of hydrogen-bond donors (Lipinski definition) is 2. The lowest BCUT2D eigenvalue weighted by atomic mass is 10.1. The summed E-state index contributed by atoms with van der Waals surface area (Å²) < 4.78 is 5.21. The molecule has 0 saturated carbocycles. The average molecular weight is 257 g/mol. The molecule has 3 N–H and O–H groups in total. The molecule has 1 fully saturated rings. The van der Waals surface area contributed by atoms with Crippen LogP contribution in [-0.4, -0.2) is 49.3 Å². The van der Waals surface area contributed by atoms with Crippen LogP contribution in [0, 0.1) is 5.92 Å². The Morgan fingerprint density at radius 2 is 2.22 bits per heavy atom. The molecule has 0 bridgehead atoms. The molecule has 18 heavy (non-hydrogen) atoms. The van der Waals surface area contributed by atoms with Crippen LogP contribution in [0.5, 0.6) is 0 Å². The van der Waals surface area contributed by atoms with Gasteiger partial charge in [0.1, 0.15) is 5.60 Å². The van der Waals surface area contributed by atoms with Crippen LogP contribution in [0.2, 0.25) is 0 Å². The molecule has 106 valence electrons. The Morgan fingerprint density at radius 1 is 1.50 bits per heavy atom. The number of ether oxygens (including phenoxy) is 1. The van der Waals surface area contributed by atoms with E-state index in [0.717, 1.165) is 39.0 Å². The third kappa shape index (κ3) is 6.21. The lowest BCUT2D eigenvalue weighted by molar-refractivity contribution is 0.0520. The first-order chi connectivity index (χ1) is 8.40. The number of nitrogens with zero attached hydrogens (tertiary/aromatic N) is 1. The minimum Gasteiger partial charge on any atom is -0.444 e. The maximum atomic E-state index is 11.5. The second kappa shape index (κ2) is 6.95. The Bertz CT molecular complexity index is 263. The Labute approximate surface area is 110 Å². The Kier molecular flexibility index (Phi) is 5.88. The van der Waals surface area contributed by atoms with Crippen molar-refractivity contribution in [1.29, 1.82) is 0 Å². The van der Waals surface area contributed by atoms with Crippen LogP contribution in [0.1, 0.15) is 33.6 Å². The Morgan fingerprint density at radius 3 is 2.83 bits per heavy atom. The first kappa shape index (κ1) is 15.2. The molecule has 0 unspecified atom stereocenters. The van der Waals surface area contributed by atoms with Crippen molar-refractivity contribution in [3.8, 4) is 0 Å². The number of rotatable bonds is 5. The molecule has 1 aliphatic heterocycles. The highest BCUT2D eigenvalue weighted by Crippen LogP contribution is 2.15. The molecule has 0 radical (unpaired) electrons. The van der Waals surface area contributed by atoms with Crippen molar-refractivity contribution in [1.82, 2.24) is 10.2 Å². The maximum Gasteiger partial charge on any atom is 0.407 e. The van der Waals surface area contributed by atoms with Gasteiger partial charge < -0.3 is 20.7 Å². The van der Waals surface area contributed by atoms with Gasteiger partial charge in [-0.05, 0) is 59.2 Å². The number of amides is 1. The van der Waals surface area contributed by atoms with E-state index in [1.54, 1.807) is 0 Å². The van der Waals surface area contributed by atoms with Crippen LogP contribution in [0.3, 0.4) is 0 Å². The van der Waals surface area contributed by atoms with Crippen molar-refractivity contribution >= 4 is 6.09 Å². The van der Waals surface area contributed by atoms with Gasteiger partial charge in [-0.3, -0.25) is 0 Å². The lowest BCUT2D eigenvalue weighted by Crippen LogP contribution is -2.36. The molecule has 0 aromatic heterocycles. The van der Waals surface area contributed by atoms with Crippen LogP contribution < -0.4 is 11.1 Å². The molecular formula is C13H27N3O2. The number of hydrogen-bond acceptors (Lipinski definition) is 4. The highest BCUT2D eigenvalue weighted by Gasteiger charge is 2.23. The molecule has 5 heteroatoms. The van der Waals surface area contributed by atoms with Crippen LogP contribution in [0.4, 0.5) is 4.79 Å². The average Bonchev–Trinajstić information content (AvgIpc) is 2.69. The molecule has 1 saturated heterocycles. The van der Waals surface area contributed by atoms with Crippen LogP contribution in [-0.2, 0) is 4.74 Å². The number of nitrogens with one attached hydrogen (secondary N) is 1. The van der Waals surface area contributed by atoms with E-state index in [2.05, 4.69) is 10.2 Å². The summed E-state index contributed by atoms with van der Waals surface area (Å²) in [5, 5.41) is 2.85. The van der Waals surface area contributed by atoms with E-state index < -0.39 is 5.60 Å². The molecule has 0 aromatic rings. The molecule has 0 spiro atoms. The summed E-state index contributed by atoms with van der Waals surface area (Å²) in [7, 11) is 0. The van der Waals surface area contributed by atoms with E-state index in [4.69, 9.17) is 10.5 Å². The fourth-order valence-electron chi connectivity index (χ4n) is 2.14. The van der Waals surface area contributed by atoms with Crippen molar-refractivity contribution < 1.29 is 9.53 Å². The molecule has 1 atom stereocenters. The smallest absolute Gasteiger partial charge is 0.407 e. The van der Waals surface area contributed by atoms with Crippen molar-refractivity contribution in [2.75, 3.05) is 32.7 Å². The summed E-state index contributed by atoms with van der Waals surface area (Å²) in [6.07, 6.45) is 1.87. The fraction of sp³-hybridized carbons (Fsp3) is 0.923. The summed E-state index contributed by atoms with van der Waals surface area (Å²) in [5.74, 6) is 0.537. The van der Waals surface area contributed by atoms with Gasteiger partial charge in [0.05, 0.1) is 0 Å². The van der Waals surface area contributed by atoms with Crippen molar-refractivity contribution in [2.24, 2.45) is 11.7 Å². The number of likely N-dealkylation sites (tertiary alicyclic amines) is 1. The standard InChI is InChI=1S/C13H27N3O2/c1-13(2,3)18-12(17)15-9-11-5-8-16(10-11)7-4-6-14/h11H,4-10,14H2,1-3H3,(H,15,17)/t11-/m1/s1. The lowest BCUT2D eigenvalue weighted by Gasteiger charge is -2.21. The van der Waals surface area contributed by atoms with Gasteiger partial charge in [-0.25, -0.2) is 4.79 Å². The van der Waals surface area contributed by atoms with Gasteiger partial charge in [-0.15, -0.1) is 0 Å². The van der Waals surface area contributed by atoms with Gasteiger partial charge >= 0.3 is 6.09 Å². The normalized spacial score (nSPS) is 21.0. The third-order valence-corrected chi connectivity index (χ3v) is 2.98. The van der Waals surface area contributed by atoms with Gasteiger partial charge in [0, 0.05) is 13.1 Å². The number of carbonyl (C=O) groups is 1.